The van der Waals surface area contributed by atoms with Crippen LogP contribution in [0.25, 0.3) is 0 Å². The van der Waals surface area contributed by atoms with Crippen LogP contribution in [0.5, 0.6) is 0 Å². The summed E-state index contributed by atoms with van der Waals surface area (Å²) in [5.74, 6) is 0.490. The Hall–Kier alpha value is -2.64. The van der Waals surface area contributed by atoms with Gasteiger partial charge in [0.25, 0.3) is 0 Å². The Morgan fingerprint density at radius 2 is 1.96 bits per heavy atom. The molecule has 2 N–H and O–H groups in total. The molecule has 0 aromatic carbocycles. The minimum absolute atomic E-state index is 0.137. The van der Waals surface area contributed by atoms with Crippen molar-refractivity contribution in [2.24, 2.45) is 0 Å². The minimum Gasteiger partial charge on any atom is -0.370 e. The molecule has 8 heteroatoms. The molecule has 5 nitrogen and oxygen atoms in total. The number of carbonyl (C=O) groups excluding carboxylic acids is 1. The predicted molar refractivity (Wildman–Crippen MR) is 79.9 cm³/mol. The lowest BCUT2D eigenvalue weighted by atomic mass is 10.3. The highest BCUT2D eigenvalue weighted by molar-refractivity contribution is 5.90. The van der Waals surface area contributed by atoms with Crippen molar-refractivity contribution >= 4 is 17.5 Å². The number of aromatic nitrogens is 2. The van der Waals surface area contributed by atoms with Gasteiger partial charge < -0.3 is 10.6 Å². The smallest absolute Gasteiger partial charge is 0.370 e. The molecule has 1 amide bonds. The van der Waals surface area contributed by atoms with E-state index < -0.39 is 11.7 Å². The van der Waals surface area contributed by atoms with E-state index in [0.717, 1.165) is 18.0 Å². The summed E-state index contributed by atoms with van der Waals surface area (Å²) >= 11 is 0. The van der Waals surface area contributed by atoms with Crippen molar-refractivity contribution in [2.75, 3.05) is 17.2 Å². The number of alkyl halides is 3. The van der Waals surface area contributed by atoms with Crippen LogP contribution in [0.3, 0.4) is 0 Å². The number of carbonyl (C=O) groups is 1. The third kappa shape index (κ3) is 5.24. The second kappa shape index (κ2) is 7.08. The molecule has 2 aromatic heterocycles. The zero-order valence-corrected chi connectivity index (χ0v) is 12.3. The molecule has 0 fully saturated rings. The molecule has 0 unspecified atom stereocenters. The zero-order chi connectivity index (χ0) is 16.9. The predicted octanol–water partition coefficient (Wildman–Crippen LogP) is 3.24. The second-order valence-corrected chi connectivity index (χ2v) is 4.82. The zero-order valence-electron chi connectivity index (χ0n) is 12.3. The quantitative estimate of drug-likeness (QED) is 0.886. The van der Waals surface area contributed by atoms with Crippen molar-refractivity contribution in [1.82, 2.24) is 9.97 Å². The number of hydrogen-bond donors (Lipinski definition) is 2. The standard InChI is InChI=1S/C15H15F3N4O/c1-10-3-2-4-13(21-10)22-14(23)7-8-19-12-6-5-11(9-20-12)15(16,17)18/h2-6,9H,7-8H2,1H3,(H,19,20)(H,21,22,23). The first-order valence-corrected chi connectivity index (χ1v) is 6.85. The first kappa shape index (κ1) is 16.7. The average Bonchev–Trinajstić information content (AvgIpc) is 2.47. The van der Waals surface area contributed by atoms with Gasteiger partial charge in [-0.1, -0.05) is 6.07 Å². The van der Waals surface area contributed by atoms with Gasteiger partial charge in [0.15, 0.2) is 0 Å². The molecule has 2 heterocycles. The summed E-state index contributed by atoms with van der Waals surface area (Å²) < 4.78 is 37.2. The maximum atomic E-state index is 12.4. The molecule has 0 saturated carbocycles. The molecule has 0 radical (unpaired) electrons. The van der Waals surface area contributed by atoms with Gasteiger partial charge in [0.2, 0.25) is 5.91 Å². The van der Waals surface area contributed by atoms with E-state index in [2.05, 4.69) is 20.6 Å². The Morgan fingerprint density at radius 3 is 2.57 bits per heavy atom. The maximum absolute atomic E-state index is 12.4. The van der Waals surface area contributed by atoms with Gasteiger partial charge in [0.1, 0.15) is 11.6 Å². The number of rotatable bonds is 5. The van der Waals surface area contributed by atoms with Crippen molar-refractivity contribution in [3.8, 4) is 0 Å². The van der Waals surface area contributed by atoms with E-state index in [1.54, 1.807) is 12.1 Å². The minimum atomic E-state index is -4.41. The van der Waals surface area contributed by atoms with Crippen LogP contribution in [0.1, 0.15) is 17.7 Å². The lowest BCUT2D eigenvalue weighted by Crippen LogP contribution is -2.17. The molecule has 0 aliphatic heterocycles. The highest BCUT2D eigenvalue weighted by atomic mass is 19.4. The number of hydrogen-bond acceptors (Lipinski definition) is 4. The summed E-state index contributed by atoms with van der Waals surface area (Å²) in [4.78, 5) is 19.5. The van der Waals surface area contributed by atoms with Crippen LogP contribution < -0.4 is 10.6 Å². The number of nitrogens with zero attached hydrogens (tertiary/aromatic N) is 2. The highest BCUT2D eigenvalue weighted by Gasteiger charge is 2.30. The number of aryl methyl sites for hydroxylation is 1. The second-order valence-electron chi connectivity index (χ2n) is 4.82. The largest absolute Gasteiger partial charge is 0.417 e. The van der Waals surface area contributed by atoms with E-state index in [4.69, 9.17) is 0 Å². The normalized spacial score (nSPS) is 11.1. The van der Waals surface area contributed by atoms with Gasteiger partial charge in [-0.25, -0.2) is 9.97 Å². The Morgan fingerprint density at radius 1 is 1.17 bits per heavy atom. The molecule has 0 saturated heterocycles. The van der Waals surface area contributed by atoms with Crippen LogP contribution in [-0.4, -0.2) is 22.4 Å². The number of anilines is 2. The number of nitrogens with one attached hydrogen (secondary N) is 2. The van der Waals surface area contributed by atoms with Crippen LogP contribution in [0, 0.1) is 6.92 Å². The third-order valence-corrected chi connectivity index (χ3v) is 2.90. The number of pyridine rings is 2. The molecule has 0 aliphatic carbocycles. The first-order chi connectivity index (χ1) is 10.8. The van der Waals surface area contributed by atoms with E-state index in [9.17, 15) is 18.0 Å². The third-order valence-electron chi connectivity index (χ3n) is 2.90. The van der Waals surface area contributed by atoms with Crippen molar-refractivity contribution in [3.63, 3.8) is 0 Å². The summed E-state index contributed by atoms with van der Waals surface area (Å²) in [6, 6.07) is 7.43. The lowest BCUT2D eigenvalue weighted by molar-refractivity contribution is -0.137. The van der Waals surface area contributed by atoms with Crippen molar-refractivity contribution in [2.45, 2.75) is 19.5 Å². The highest BCUT2D eigenvalue weighted by Crippen LogP contribution is 2.28. The number of halogens is 3. The molecule has 0 atom stereocenters. The summed E-state index contributed by atoms with van der Waals surface area (Å²) in [7, 11) is 0. The SMILES string of the molecule is Cc1cccc(NC(=O)CCNc2ccc(C(F)(F)F)cn2)n1. The molecule has 0 bridgehead atoms. The topological polar surface area (TPSA) is 66.9 Å². The molecule has 0 aliphatic rings. The van der Waals surface area contributed by atoms with Crippen LogP contribution in [0.15, 0.2) is 36.5 Å². The Bertz CT molecular complexity index is 671. The fraction of sp³-hybridized carbons (Fsp3) is 0.267. The molecule has 23 heavy (non-hydrogen) atoms. The van der Waals surface area contributed by atoms with Crippen molar-refractivity contribution in [3.05, 3.63) is 47.8 Å². The van der Waals surface area contributed by atoms with Gasteiger partial charge in [0, 0.05) is 24.9 Å². The van der Waals surface area contributed by atoms with E-state index >= 15 is 0 Å². The fourth-order valence-corrected chi connectivity index (χ4v) is 1.79. The molecule has 0 spiro atoms. The van der Waals surface area contributed by atoms with Crippen molar-refractivity contribution in [1.29, 1.82) is 0 Å². The monoisotopic (exact) mass is 324 g/mol. The van der Waals surface area contributed by atoms with E-state index in [1.807, 2.05) is 13.0 Å². The summed E-state index contributed by atoms with van der Waals surface area (Å²) in [6.07, 6.45) is -3.52. The van der Waals surface area contributed by atoms with Crippen LogP contribution in [0.2, 0.25) is 0 Å². The molecular formula is C15H15F3N4O. The van der Waals surface area contributed by atoms with Gasteiger partial charge in [-0.3, -0.25) is 4.79 Å². The van der Waals surface area contributed by atoms with Crippen LogP contribution >= 0.6 is 0 Å². The molecule has 122 valence electrons. The summed E-state index contributed by atoms with van der Waals surface area (Å²) in [5, 5.41) is 5.43. The Kier molecular flexibility index (Phi) is 5.15. The Labute approximate surface area is 131 Å². The van der Waals surface area contributed by atoms with Gasteiger partial charge in [0.05, 0.1) is 5.56 Å². The number of amides is 1. The van der Waals surface area contributed by atoms with E-state index in [-0.39, 0.29) is 24.7 Å². The fourth-order valence-electron chi connectivity index (χ4n) is 1.79. The van der Waals surface area contributed by atoms with Crippen LogP contribution in [-0.2, 0) is 11.0 Å². The van der Waals surface area contributed by atoms with E-state index in [1.165, 1.54) is 6.07 Å². The lowest BCUT2D eigenvalue weighted by Gasteiger charge is -2.09. The van der Waals surface area contributed by atoms with Gasteiger partial charge in [-0.15, -0.1) is 0 Å². The summed E-state index contributed by atoms with van der Waals surface area (Å²) in [5.41, 5.74) is -0.0267. The van der Waals surface area contributed by atoms with Crippen LogP contribution in [0.4, 0.5) is 24.8 Å². The molecular weight excluding hydrogens is 309 g/mol. The van der Waals surface area contributed by atoms with Gasteiger partial charge >= 0.3 is 6.18 Å². The van der Waals surface area contributed by atoms with Gasteiger partial charge in [-0.2, -0.15) is 13.2 Å². The average molecular weight is 324 g/mol. The van der Waals surface area contributed by atoms with Crippen molar-refractivity contribution < 1.29 is 18.0 Å². The van der Waals surface area contributed by atoms with E-state index in [0.29, 0.717) is 5.82 Å². The maximum Gasteiger partial charge on any atom is 0.417 e. The first-order valence-electron chi connectivity index (χ1n) is 6.85. The summed E-state index contributed by atoms with van der Waals surface area (Å²) in [6.45, 7) is 2.06. The molecule has 2 rings (SSSR count). The molecule has 2 aromatic rings. The Balaban J connectivity index is 1.79. The van der Waals surface area contributed by atoms with Gasteiger partial charge in [-0.05, 0) is 31.2 Å².